The van der Waals surface area contributed by atoms with E-state index in [1.807, 2.05) is 12.1 Å². The van der Waals surface area contributed by atoms with Gasteiger partial charge in [0.2, 0.25) is 0 Å². The molecule has 0 spiro atoms. The highest BCUT2D eigenvalue weighted by Crippen LogP contribution is 2.33. The Morgan fingerprint density at radius 1 is 1.16 bits per heavy atom. The summed E-state index contributed by atoms with van der Waals surface area (Å²) in [6.07, 6.45) is 0. The number of rotatable bonds is 4. The first kappa shape index (κ1) is 14.2. The lowest BCUT2D eigenvalue weighted by atomic mass is 9.82. The molecular formula is C16H20FNS. The molecule has 0 aliphatic rings. The lowest BCUT2D eigenvalue weighted by molar-refractivity contribution is 0.271. The minimum atomic E-state index is -0.185. The Hall–Kier alpha value is -1.19. The number of halogens is 1. The van der Waals surface area contributed by atoms with Crippen LogP contribution in [0, 0.1) is 11.2 Å². The number of thiophene rings is 1. The number of benzene rings is 1. The zero-order valence-electron chi connectivity index (χ0n) is 11.6. The first-order valence-corrected chi connectivity index (χ1v) is 7.36. The second-order valence-electron chi connectivity index (χ2n) is 5.81. The molecule has 0 amide bonds. The van der Waals surface area contributed by atoms with E-state index in [-0.39, 0.29) is 17.3 Å². The highest BCUT2D eigenvalue weighted by atomic mass is 32.1. The number of hydrogen-bond acceptors (Lipinski definition) is 2. The molecule has 1 aromatic heterocycles. The van der Waals surface area contributed by atoms with E-state index >= 15 is 0 Å². The molecule has 2 rings (SSSR count). The van der Waals surface area contributed by atoms with Gasteiger partial charge in [0.15, 0.2) is 0 Å². The van der Waals surface area contributed by atoms with E-state index in [1.54, 1.807) is 11.3 Å². The van der Waals surface area contributed by atoms with Crippen molar-refractivity contribution in [3.05, 3.63) is 58.0 Å². The summed E-state index contributed by atoms with van der Waals surface area (Å²) in [5.74, 6) is -0.185. The van der Waals surface area contributed by atoms with Crippen LogP contribution in [0.5, 0.6) is 0 Å². The monoisotopic (exact) mass is 277 g/mol. The zero-order valence-corrected chi connectivity index (χ0v) is 12.4. The van der Waals surface area contributed by atoms with E-state index in [1.165, 1.54) is 17.0 Å². The van der Waals surface area contributed by atoms with Crippen LogP contribution in [0.25, 0.3) is 0 Å². The van der Waals surface area contributed by atoms with Gasteiger partial charge in [0, 0.05) is 17.5 Å². The molecule has 0 aliphatic heterocycles. The Bertz CT molecular complexity index is 497. The normalized spacial score (nSPS) is 13.5. The Morgan fingerprint density at radius 2 is 1.84 bits per heavy atom. The van der Waals surface area contributed by atoms with Crippen molar-refractivity contribution < 1.29 is 4.39 Å². The van der Waals surface area contributed by atoms with Gasteiger partial charge in [0.1, 0.15) is 5.82 Å². The van der Waals surface area contributed by atoms with Crippen molar-refractivity contribution in [3.8, 4) is 0 Å². The van der Waals surface area contributed by atoms with Crippen molar-refractivity contribution in [2.75, 3.05) is 0 Å². The summed E-state index contributed by atoms with van der Waals surface area (Å²) in [5.41, 5.74) is 1.21. The van der Waals surface area contributed by atoms with Crippen LogP contribution < -0.4 is 5.32 Å². The van der Waals surface area contributed by atoms with Crippen LogP contribution in [-0.4, -0.2) is 0 Å². The molecule has 1 unspecified atom stereocenters. The molecule has 3 heteroatoms. The van der Waals surface area contributed by atoms with Gasteiger partial charge in [-0.1, -0.05) is 39.0 Å². The average molecular weight is 277 g/mol. The summed E-state index contributed by atoms with van der Waals surface area (Å²) in [6.45, 7) is 7.43. The van der Waals surface area contributed by atoms with E-state index in [9.17, 15) is 4.39 Å². The summed E-state index contributed by atoms with van der Waals surface area (Å²) in [4.78, 5) is 1.32. The van der Waals surface area contributed by atoms with E-state index in [0.29, 0.717) is 0 Å². The van der Waals surface area contributed by atoms with Crippen molar-refractivity contribution in [2.24, 2.45) is 5.41 Å². The van der Waals surface area contributed by atoms with Gasteiger partial charge in [-0.3, -0.25) is 0 Å². The molecule has 0 fully saturated rings. The smallest absolute Gasteiger partial charge is 0.123 e. The van der Waals surface area contributed by atoms with Gasteiger partial charge in [0.05, 0.1) is 0 Å². The molecule has 0 bridgehead atoms. The molecule has 1 N–H and O–H groups in total. The van der Waals surface area contributed by atoms with Gasteiger partial charge in [-0.05, 0) is 34.6 Å². The van der Waals surface area contributed by atoms with Crippen LogP contribution in [0.4, 0.5) is 4.39 Å². The average Bonchev–Trinajstić information content (AvgIpc) is 2.83. The summed E-state index contributed by atoms with van der Waals surface area (Å²) >= 11 is 1.75. The van der Waals surface area contributed by atoms with E-state index in [4.69, 9.17) is 0 Å². The minimum absolute atomic E-state index is 0.0785. The largest absolute Gasteiger partial charge is 0.305 e. The van der Waals surface area contributed by atoms with Crippen LogP contribution >= 0.6 is 11.3 Å². The first-order chi connectivity index (χ1) is 8.97. The van der Waals surface area contributed by atoms with Crippen molar-refractivity contribution in [1.29, 1.82) is 0 Å². The van der Waals surface area contributed by atoms with Gasteiger partial charge in [-0.15, -0.1) is 11.3 Å². The SMILES string of the molecule is CC(C)(C)C(NCc1cccs1)c1ccc(F)cc1. The van der Waals surface area contributed by atoms with Crippen LogP contribution in [0.1, 0.15) is 37.3 Å². The third kappa shape index (κ3) is 3.88. The van der Waals surface area contributed by atoms with Crippen molar-refractivity contribution >= 4 is 11.3 Å². The molecule has 0 saturated carbocycles. The molecule has 1 nitrogen and oxygen atoms in total. The van der Waals surface area contributed by atoms with E-state index < -0.39 is 0 Å². The molecular weight excluding hydrogens is 257 g/mol. The molecule has 0 saturated heterocycles. The van der Waals surface area contributed by atoms with Crippen molar-refractivity contribution in [1.82, 2.24) is 5.32 Å². The minimum Gasteiger partial charge on any atom is -0.305 e. The van der Waals surface area contributed by atoms with Gasteiger partial charge in [0.25, 0.3) is 0 Å². The summed E-state index contributed by atoms with van der Waals surface area (Å²) < 4.78 is 13.0. The molecule has 2 aromatic rings. The highest BCUT2D eigenvalue weighted by Gasteiger charge is 2.25. The topological polar surface area (TPSA) is 12.0 Å². The maximum atomic E-state index is 13.0. The molecule has 1 aromatic carbocycles. The number of hydrogen-bond donors (Lipinski definition) is 1. The van der Waals surface area contributed by atoms with Gasteiger partial charge in [-0.2, -0.15) is 0 Å². The maximum absolute atomic E-state index is 13.0. The van der Waals surface area contributed by atoms with Gasteiger partial charge in [-0.25, -0.2) is 4.39 Å². The second kappa shape index (κ2) is 5.85. The predicted molar refractivity (Wildman–Crippen MR) is 79.8 cm³/mol. The summed E-state index contributed by atoms with van der Waals surface area (Å²) in [5, 5.41) is 5.67. The Balaban J connectivity index is 2.14. The van der Waals surface area contributed by atoms with Crippen LogP contribution in [-0.2, 0) is 6.54 Å². The predicted octanol–water partition coefficient (Wildman–Crippen LogP) is 4.76. The number of nitrogens with one attached hydrogen (secondary N) is 1. The molecule has 0 aliphatic carbocycles. The zero-order chi connectivity index (χ0) is 13.9. The van der Waals surface area contributed by atoms with Crippen LogP contribution in [0.15, 0.2) is 41.8 Å². The molecule has 102 valence electrons. The van der Waals surface area contributed by atoms with E-state index in [0.717, 1.165) is 12.1 Å². The Morgan fingerprint density at radius 3 is 2.37 bits per heavy atom. The Labute approximate surface area is 118 Å². The fourth-order valence-electron chi connectivity index (χ4n) is 2.20. The van der Waals surface area contributed by atoms with E-state index in [2.05, 4.69) is 43.6 Å². The molecule has 1 heterocycles. The van der Waals surface area contributed by atoms with Crippen molar-refractivity contribution in [2.45, 2.75) is 33.4 Å². The third-order valence-electron chi connectivity index (χ3n) is 3.13. The van der Waals surface area contributed by atoms with Crippen LogP contribution in [0.2, 0.25) is 0 Å². The molecule has 1 atom stereocenters. The first-order valence-electron chi connectivity index (χ1n) is 6.48. The lowest BCUT2D eigenvalue weighted by Crippen LogP contribution is -2.31. The lowest BCUT2D eigenvalue weighted by Gasteiger charge is -2.32. The maximum Gasteiger partial charge on any atom is 0.123 e. The highest BCUT2D eigenvalue weighted by molar-refractivity contribution is 7.09. The van der Waals surface area contributed by atoms with Crippen molar-refractivity contribution in [3.63, 3.8) is 0 Å². The molecule has 19 heavy (non-hydrogen) atoms. The summed E-state index contributed by atoms with van der Waals surface area (Å²) in [6, 6.07) is 11.2. The second-order valence-corrected chi connectivity index (χ2v) is 6.84. The van der Waals surface area contributed by atoms with Gasteiger partial charge >= 0.3 is 0 Å². The third-order valence-corrected chi connectivity index (χ3v) is 4.01. The fraction of sp³-hybridized carbons (Fsp3) is 0.375. The van der Waals surface area contributed by atoms with Gasteiger partial charge < -0.3 is 5.32 Å². The standard InChI is InChI=1S/C16H20FNS/c1-16(2,3)15(12-6-8-13(17)9-7-12)18-11-14-5-4-10-19-14/h4-10,15,18H,11H2,1-3H3. The van der Waals surface area contributed by atoms with Crippen LogP contribution in [0.3, 0.4) is 0 Å². The Kier molecular flexibility index (Phi) is 4.38. The quantitative estimate of drug-likeness (QED) is 0.849. The fourth-order valence-corrected chi connectivity index (χ4v) is 2.85. The molecule has 0 radical (unpaired) electrons. The summed E-state index contributed by atoms with van der Waals surface area (Å²) in [7, 11) is 0.